The Hall–Kier alpha value is -2.87. The van der Waals surface area contributed by atoms with Gasteiger partial charge in [0.25, 0.3) is 0 Å². The molecule has 0 spiro atoms. The third-order valence-electron chi connectivity index (χ3n) is 6.60. The normalized spacial score (nSPS) is 28.8. The molecule has 0 aromatic heterocycles. The molecule has 168 valence electrons. The lowest BCUT2D eigenvalue weighted by atomic mass is 9.81. The predicted octanol–water partition coefficient (Wildman–Crippen LogP) is 4.97. The van der Waals surface area contributed by atoms with Gasteiger partial charge in [0.2, 0.25) is 0 Å². The van der Waals surface area contributed by atoms with Crippen LogP contribution in [0.15, 0.2) is 42.5 Å². The standard InChI is InChI=1S/C24H21F3O5/c1-2-12-3-4-15(30-13-5-7-14(8-6-13)32-24(25,26)27)11-16(12)19-22(28)20-17-9-10-18(31-17)21(20)23(19)29/h3-8,11,17-21H,2,9-10H2,1H3/t17-,18+,19?,20-,21+. The van der Waals surface area contributed by atoms with Crippen LogP contribution in [-0.4, -0.2) is 30.1 Å². The number of hydrogen-bond donors (Lipinski definition) is 0. The molecule has 1 unspecified atom stereocenters. The lowest BCUT2D eigenvalue weighted by Crippen LogP contribution is -2.29. The van der Waals surface area contributed by atoms with E-state index in [0.29, 0.717) is 23.5 Å². The van der Waals surface area contributed by atoms with E-state index in [9.17, 15) is 22.8 Å². The highest BCUT2D eigenvalue weighted by molar-refractivity contribution is 6.17. The van der Waals surface area contributed by atoms with Crippen LogP contribution in [0.2, 0.25) is 0 Å². The van der Waals surface area contributed by atoms with E-state index >= 15 is 0 Å². The summed E-state index contributed by atoms with van der Waals surface area (Å²) in [4.78, 5) is 26.5. The molecule has 8 heteroatoms. The van der Waals surface area contributed by atoms with Gasteiger partial charge in [-0.25, -0.2) is 0 Å². The molecule has 5 atom stereocenters. The SMILES string of the molecule is CCc1ccc(Oc2ccc(OC(F)(F)F)cc2)cc1C1C(=O)[C@@H]2[C@H](C1=O)[C@H]1CC[C@@H]2O1. The van der Waals surface area contributed by atoms with E-state index in [4.69, 9.17) is 9.47 Å². The fourth-order valence-corrected chi connectivity index (χ4v) is 5.30. The van der Waals surface area contributed by atoms with Crippen molar-refractivity contribution in [1.82, 2.24) is 0 Å². The first-order valence-corrected chi connectivity index (χ1v) is 10.6. The summed E-state index contributed by atoms with van der Waals surface area (Å²) < 4.78 is 52.5. The van der Waals surface area contributed by atoms with E-state index in [1.807, 2.05) is 13.0 Å². The number of halogens is 3. The molecule has 2 heterocycles. The van der Waals surface area contributed by atoms with E-state index in [1.165, 1.54) is 12.1 Å². The molecule has 0 radical (unpaired) electrons. The number of alkyl halides is 3. The van der Waals surface area contributed by atoms with Crippen molar-refractivity contribution in [2.75, 3.05) is 0 Å². The zero-order valence-corrected chi connectivity index (χ0v) is 17.2. The topological polar surface area (TPSA) is 61.8 Å². The molecular formula is C24H21F3O5. The maximum absolute atomic E-state index is 13.2. The van der Waals surface area contributed by atoms with Gasteiger partial charge in [-0.3, -0.25) is 9.59 Å². The quantitative estimate of drug-likeness (QED) is 0.607. The molecule has 5 nitrogen and oxygen atoms in total. The molecule has 0 N–H and O–H groups in total. The zero-order chi connectivity index (χ0) is 22.6. The van der Waals surface area contributed by atoms with E-state index in [1.54, 1.807) is 12.1 Å². The van der Waals surface area contributed by atoms with Crippen LogP contribution in [0.3, 0.4) is 0 Å². The number of hydrogen-bond acceptors (Lipinski definition) is 5. The Kier molecular flexibility index (Phi) is 5.00. The van der Waals surface area contributed by atoms with Gasteiger partial charge in [0.05, 0.1) is 24.0 Å². The molecule has 2 aliphatic heterocycles. The highest BCUT2D eigenvalue weighted by atomic mass is 19.4. The summed E-state index contributed by atoms with van der Waals surface area (Å²) >= 11 is 0. The number of ketones is 2. The molecule has 2 bridgehead atoms. The second kappa shape index (κ2) is 7.62. The first-order chi connectivity index (χ1) is 15.2. The zero-order valence-electron chi connectivity index (χ0n) is 17.2. The van der Waals surface area contributed by atoms with Crippen LogP contribution < -0.4 is 9.47 Å². The van der Waals surface area contributed by atoms with Gasteiger partial charge in [0.1, 0.15) is 23.2 Å². The van der Waals surface area contributed by atoms with Gasteiger partial charge in [0, 0.05) is 0 Å². The van der Waals surface area contributed by atoms with Gasteiger partial charge in [-0.2, -0.15) is 0 Å². The van der Waals surface area contributed by atoms with E-state index < -0.39 is 12.3 Å². The van der Waals surface area contributed by atoms with Gasteiger partial charge in [-0.05, 0) is 66.8 Å². The van der Waals surface area contributed by atoms with Crippen LogP contribution in [0.1, 0.15) is 36.8 Å². The number of benzene rings is 2. The Balaban J connectivity index is 1.40. The summed E-state index contributed by atoms with van der Waals surface area (Å²) in [6.45, 7) is 1.95. The third kappa shape index (κ3) is 3.56. The van der Waals surface area contributed by atoms with Crippen LogP contribution in [-0.2, 0) is 20.7 Å². The summed E-state index contributed by atoms with van der Waals surface area (Å²) in [5, 5.41) is 0. The summed E-state index contributed by atoms with van der Waals surface area (Å²) in [6.07, 6.45) is -2.81. The second-order valence-corrected chi connectivity index (χ2v) is 8.42. The molecular weight excluding hydrogens is 425 g/mol. The Bertz CT molecular complexity index is 1030. The largest absolute Gasteiger partial charge is 0.573 e. The minimum Gasteiger partial charge on any atom is -0.457 e. The Labute approximate surface area is 182 Å². The summed E-state index contributed by atoms with van der Waals surface area (Å²) in [6, 6.07) is 10.3. The number of carbonyl (C=O) groups is 2. The van der Waals surface area contributed by atoms with Crippen molar-refractivity contribution >= 4 is 11.6 Å². The van der Waals surface area contributed by atoms with Crippen LogP contribution in [0.5, 0.6) is 17.2 Å². The van der Waals surface area contributed by atoms with E-state index in [-0.39, 0.29) is 41.4 Å². The van der Waals surface area contributed by atoms with Crippen LogP contribution in [0.4, 0.5) is 13.2 Å². The first-order valence-electron chi connectivity index (χ1n) is 10.6. The van der Waals surface area contributed by atoms with Crippen LogP contribution in [0, 0.1) is 11.8 Å². The number of aryl methyl sites for hydroxylation is 1. The van der Waals surface area contributed by atoms with Gasteiger partial charge in [-0.15, -0.1) is 13.2 Å². The molecule has 2 saturated heterocycles. The monoisotopic (exact) mass is 446 g/mol. The molecule has 2 aromatic carbocycles. The smallest absolute Gasteiger partial charge is 0.457 e. The molecule has 3 aliphatic rings. The van der Waals surface area contributed by atoms with Gasteiger partial charge < -0.3 is 14.2 Å². The summed E-state index contributed by atoms with van der Waals surface area (Å²) in [7, 11) is 0. The molecule has 2 aromatic rings. The number of carbonyl (C=O) groups excluding carboxylic acids is 2. The third-order valence-corrected chi connectivity index (χ3v) is 6.60. The predicted molar refractivity (Wildman–Crippen MR) is 107 cm³/mol. The minimum absolute atomic E-state index is 0.0762. The highest BCUT2D eigenvalue weighted by Crippen LogP contribution is 2.52. The van der Waals surface area contributed by atoms with Crippen molar-refractivity contribution in [3.8, 4) is 17.2 Å². The van der Waals surface area contributed by atoms with Crippen molar-refractivity contribution < 1.29 is 37.0 Å². The molecule has 3 fully saturated rings. The maximum Gasteiger partial charge on any atom is 0.573 e. The van der Waals surface area contributed by atoms with Crippen molar-refractivity contribution in [3.63, 3.8) is 0 Å². The lowest BCUT2D eigenvalue weighted by molar-refractivity contribution is -0.274. The number of Topliss-reactive ketones (excluding diaryl/α,β-unsaturated/α-hetero) is 2. The average molecular weight is 446 g/mol. The van der Waals surface area contributed by atoms with Crippen molar-refractivity contribution in [3.05, 3.63) is 53.6 Å². The average Bonchev–Trinajstić information content (AvgIpc) is 3.42. The van der Waals surface area contributed by atoms with Crippen molar-refractivity contribution in [2.45, 2.75) is 50.7 Å². The second-order valence-electron chi connectivity index (χ2n) is 8.42. The molecule has 0 amide bonds. The maximum atomic E-state index is 13.2. The summed E-state index contributed by atoms with van der Waals surface area (Å²) in [5.74, 6) is -1.33. The van der Waals surface area contributed by atoms with Crippen LogP contribution in [0.25, 0.3) is 0 Å². The number of fused-ring (bicyclic) bond motifs is 5. The van der Waals surface area contributed by atoms with Gasteiger partial charge >= 0.3 is 6.36 Å². The van der Waals surface area contributed by atoms with E-state index in [2.05, 4.69) is 4.74 Å². The molecule has 32 heavy (non-hydrogen) atoms. The Morgan fingerprint density at radius 2 is 1.47 bits per heavy atom. The van der Waals surface area contributed by atoms with Gasteiger partial charge in [-0.1, -0.05) is 13.0 Å². The van der Waals surface area contributed by atoms with Crippen molar-refractivity contribution in [2.24, 2.45) is 11.8 Å². The van der Waals surface area contributed by atoms with E-state index in [0.717, 1.165) is 30.5 Å². The Morgan fingerprint density at radius 1 is 0.906 bits per heavy atom. The number of rotatable bonds is 5. The first kappa shape index (κ1) is 21.0. The Morgan fingerprint density at radius 3 is 2.03 bits per heavy atom. The molecule has 5 rings (SSSR count). The fourth-order valence-electron chi connectivity index (χ4n) is 5.30. The van der Waals surface area contributed by atoms with Crippen LogP contribution >= 0.6 is 0 Å². The highest BCUT2D eigenvalue weighted by Gasteiger charge is 2.63. The molecule has 1 saturated carbocycles. The van der Waals surface area contributed by atoms with Crippen molar-refractivity contribution in [1.29, 1.82) is 0 Å². The van der Waals surface area contributed by atoms with Gasteiger partial charge in [0.15, 0.2) is 11.6 Å². The fraction of sp³-hybridized carbons (Fsp3) is 0.417. The minimum atomic E-state index is -4.77. The lowest BCUT2D eigenvalue weighted by Gasteiger charge is -2.17. The summed E-state index contributed by atoms with van der Waals surface area (Å²) in [5.41, 5.74) is 1.54. The number of ether oxygens (including phenoxy) is 3. The molecule has 1 aliphatic carbocycles.